The number of aromatic nitrogens is 1. The Labute approximate surface area is 127 Å². The Kier molecular flexibility index (Phi) is 3.90. The van der Waals surface area contributed by atoms with Gasteiger partial charge in [0.2, 0.25) is 5.91 Å². The number of rotatable bonds is 3. The summed E-state index contributed by atoms with van der Waals surface area (Å²) >= 11 is 1.46. The quantitative estimate of drug-likeness (QED) is 0.853. The van der Waals surface area contributed by atoms with Gasteiger partial charge in [-0.05, 0) is 23.6 Å². The number of hydrogen-bond donors (Lipinski definition) is 2. The molecule has 5 nitrogen and oxygen atoms in total. The number of amides is 1. The zero-order valence-corrected chi connectivity index (χ0v) is 12.7. The van der Waals surface area contributed by atoms with Gasteiger partial charge in [0.1, 0.15) is 0 Å². The molecule has 3 rings (SSSR count). The van der Waals surface area contributed by atoms with E-state index in [4.69, 9.17) is 5.73 Å². The maximum atomic E-state index is 11.0. The number of nitrogens with one attached hydrogen (secondary N) is 1. The minimum atomic E-state index is -0.0849. The molecule has 1 aromatic carbocycles. The summed E-state index contributed by atoms with van der Waals surface area (Å²) in [5.41, 5.74) is 10.5. The van der Waals surface area contributed by atoms with Gasteiger partial charge in [-0.15, -0.1) is 11.3 Å². The van der Waals surface area contributed by atoms with Gasteiger partial charge in [-0.3, -0.25) is 9.69 Å². The number of nitrogens with two attached hydrogens (primary N) is 1. The second-order valence-corrected chi connectivity index (χ2v) is 6.13. The van der Waals surface area contributed by atoms with Crippen LogP contribution in [0.5, 0.6) is 0 Å². The maximum absolute atomic E-state index is 11.0. The van der Waals surface area contributed by atoms with Gasteiger partial charge in [0.15, 0.2) is 5.13 Å². The molecule has 1 aliphatic heterocycles. The van der Waals surface area contributed by atoms with Crippen LogP contribution in [0.15, 0.2) is 23.6 Å². The van der Waals surface area contributed by atoms with Crippen molar-refractivity contribution in [3.05, 3.63) is 40.4 Å². The Morgan fingerprint density at radius 3 is 3.19 bits per heavy atom. The van der Waals surface area contributed by atoms with E-state index >= 15 is 0 Å². The molecule has 21 heavy (non-hydrogen) atoms. The highest BCUT2D eigenvalue weighted by Crippen LogP contribution is 2.25. The predicted molar refractivity (Wildman–Crippen MR) is 85.1 cm³/mol. The van der Waals surface area contributed by atoms with E-state index < -0.39 is 0 Å². The van der Waals surface area contributed by atoms with Crippen LogP contribution in [0.3, 0.4) is 0 Å². The molecule has 1 aromatic heterocycles. The van der Waals surface area contributed by atoms with Crippen LogP contribution < -0.4 is 11.1 Å². The van der Waals surface area contributed by atoms with E-state index in [9.17, 15) is 4.79 Å². The molecule has 0 saturated heterocycles. The molecule has 0 unspecified atom stereocenters. The molecule has 0 atom stereocenters. The van der Waals surface area contributed by atoms with Gasteiger partial charge in [0, 0.05) is 37.6 Å². The molecular formula is C15H18N4OS. The zero-order chi connectivity index (χ0) is 14.8. The molecule has 3 N–H and O–H groups in total. The van der Waals surface area contributed by atoms with Crippen molar-refractivity contribution in [2.24, 2.45) is 0 Å². The van der Waals surface area contributed by atoms with Gasteiger partial charge in [0.25, 0.3) is 0 Å². The fraction of sp³-hybridized carbons (Fsp3) is 0.333. The molecule has 1 aliphatic rings. The lowest BCUT2D eigenvalue weighted by Crippen LogP contribution is -2.30. The van der Waals surface area contributed by atoms with Crippen LogP contribution in [0, 0.1) is 0 Å². The summed E-state index contributed by atoms with van der Waals surface area (Å²) in [5.74, 6) is -0.0849. The minimum absolute atomic E-state index is 0.0849. The van der Waals surface area contributed by atoms with Crippen molar-refractivity contribution in [1.29, 1.82) is 0 Å². The fourth-order valence-corrected chi connectivity index (χ4v) is 3.40. The Balaban J connectivity index is 1.67. The first-order valence-electron chi connectivity index (χ1n) is 6.92. The van der Waals surface area contributed by atoms with E-state index in [0.717, 1.165) is 37.4 Å². The SMILES string of the molecule is CC(=O)Nc1nc(CN2CCc3c(N)cccc3C2)cs1. The molecule has 0 bridgehead atoms. The summed E-state index contributed by atoms with van der Waals surface area (Å²) in [6, 6.07) is 6.12. The molecule has 6 heteroatoms. The number of nitrogens with zero attached hydrogens (tertiary/aromatic N) is 2. The smallest absolute Gasteiger partial charge is 0.223 e. The highest BCUT2D eigenvalue weighted by Gasteiger charge is 2.18. The Bertz CT molecular complexity index is 667. The normalized spacial score (nSPS) is 14.7. The van der Waals surface area contributed by atoms with Crippen molar-refractivity contribution in [3.8, 4) is 0 Å². The van der Waals surface area contributed by atoms with Crippen molar-refractivity contribution in [2.45, 2.75) is 26.4 Å². The lowest BCUT2D eigenvalue weighted by molar-refractivity contribution is -0.114. The maximum Gasteiger partial charge on any atom is 0.223 e. The first-order valence-corrected chi connectivity index (χ1v) is 7.80. The predicted octanol–water partition coefficient (Wildman–Crippen LogP) is 2.24. The van der Waals surface area contributed by atoms with Crippen molar-refractivity contribution in [1.82, 2.24) is 9.88 Å². The third-order valence-corrected chi connectivity index (χ3v) is 4.41. The highest BCUT2D eigenvalue weighted by atomic mass is 32.1. The molecule has 0 saturated carbocycles. The summed E-state index contributed by atoms with van der Waals surface area (Å²) < 4.78 is 0. The zero-order valence-electron chi connectivity index (χ0n) is 11.9. The van der Waals surface area contributed by atoms with Gasteiger partial charge in [0.05, 0.1) is 5.69 Å². The third kappa shape index (κ3) is 3.22. The standard InChI is InChI=1S/C15H18N4OS/c1-10(20)17-15-18-12(9-21-15)8-19-6-5-13-11(7-19)3-2-4-14(13)16/h2-4,9H,5-8,16H2,1H3,(H,17,18,20). The van der Waals surface area contributed by atoms with E-state index in [0.29, 0.717) is 5.13 Å². The number of benzene rings is 1. The number of carbonyl (C=O) groups is 1. The highest BCUT2D eigenvalue weighted by molar-refractivity contribution is 7.13. The summed E-state index contributed by atoms with van der Waals surface area (Å²) in [4.78, 5) is 17.8. The average molecular weight is 302 g/mol. The number of nitrogen functional groups attached to an aromatic ring is 1. The van der Waals surface area contributed by atoms with E-state index in [1.165, 1.54) is 29.4 Å². The minimum Gasteiger partial charge on any atom is -0.398 e. The van der Waals surface area contributed by atoms with Gasteiger partial charge in [-0.1, -0.05) is 12.1 Å². The van der Waals surface area contributed by atoms with E-state index in [1.807, 2.05) is 17.5 Å². The van der Waals surface area contributed by atoms with Crippen LogP contribution in [0.25, 0.3) is 0 Å². The number of thiazole rings is 1. The number of carbonyl (C=O) groups excluding carboxylic acids is 1. The Morgan fingerprint density at radius 2 is 2.38 bits per heavy atom. The molecule has 0 spiro atoms. The molecule has 2 aromatic rings. The van der Waals surface area contributed by atoms with Crippen molar-refractivity contribution >= 4 is 28.1 Å². The van der Waals surface area contributed by atoms with Crippen molar-refractivity contribution in [2.75, 3.05) is 17.6 Å². The number of hydrogen-bond acceptors (Lipinski definition) is 5. The van der Waals surface area contributed by atoms with E-state index in [-0.39, 0.29) is 5.91 Å². The topological polar surface area (TPSA) is 71.2 Å². The molecule has 2 heterocycles. The lowest BCUT2D eigenvalue weighted by atomic mass is 9.98. The lowest BCUT2D eigenvalue weighted by Gasteiger charge is -2.28. The van der Waals surface area contributed by atoms with Crippen LogP contribution in [-0.4, -0.2) is 22.3 Å². The molecular weight excluding hydrogens is 284 g/mol. The largest absolute Gasteiger partial charge is 0.398 e. The molecule has 110 valence electrons. The molecule has 1 amide bonds. The van der Waals surface area contributed by atoms with Gasteiger partial charge in [-0.2, -0.15) is 0 Å². The molecule has 0 aliphatic carbocycles. The van der Waals surface area contributed by atoms with Crippen LogP contribution in [0.1, 0.15) is 23.7 Å². The van der Waals surface area contributed by atoms with E-state index in [1.54, 1.807) is 0 Å². The number of anilines is 2. The molecule has 0 radical (unpaired) electrons. The van der Waals surface area contributed by atoms with Crippen LogP contribution >= 0.6 is 11.3 Å². The second kappa shape index (κ2) is 5.83. The van der Waals surface area contributed by atoms with Gasteiger partial charge in [-0.25, -0.2) is 4.98 Å². The fourth-order valence-electron chi connectivity index (χ4n) is 2.65. The molecule has 0 fully saturated rings. The second-order valence-electron chi connectivity index (χ2n) is 5.27. The number of fused-ring (bicyclic) bond motifs is 1. The van der Waals surface area contributed by atoms with Crippen LogP contribution in [0.4, 0.5) is 10.8 Å². The van der Waals surface area contributed by atoms with Crippen LogP contribution in [-0.2, 0) is 24.3 Å². The first-order chi connectivity index (χ1) is 10.1. The summed E-state index contributed by atoms with van der Waals surface area (Å²) in [7, 11) is 0. The Morgan fingerprint density at radius 1 is 1.52 bits per heavy atom. The average Bonchev–Trinajstić information content (AvgIpc) is 2.85. The first kappa shape index (κ1) is 14.0. The van der Waals surface area contributed by atoms with Crippen molar-refractivity contribution in [3.63, 3.8) is 0 Å². The third-order valence-electron chi connectivity index (χ3n) is 3.60. The Hall–Kier alpha value is -1.92. The monoisotopic (exact) mass is 302 g/mol. The summed E-state index contributed by atoms with van der Waals surface area (Å²) in [6.07, 6.45) is 0.977. The van der Waals surface area contributed by atoms with Gasteiger partial charge < -0.3 is 11.1 Å². The summed E-state index contributed by atoms with van der Waals surface area (Å²) in [6.45, 7) is 4.17. The van der Waals surface area contributed by atoms with Crippen molar-refractivity contribution < 1.29 is 4.79 Å². The van der Waals surface area contributed by atoms with E-state index in [2.05, 4.69) is 21.3 Å². The van der Waals surface area contributed by atoms with Crippen LogP contribution in [0.2, 0.25) is 0 Å². The van der Waals surface area contributed by atoms with Gasteiger partial charge >= 0.3 is 0 Å². The summed E-state index contributed by atoms with van der Waals surface area (Å²) in [5, 5.41) is 5.38.